The molecule has 0 aliphatic heterocycles. The van der Waals surface area contributed by atoms with E-state index in [9.17, 15) is 4.79 Å². The maximum Gasteiger partial charge on any atom is 0.181 e. The number of carbonyl (C=O) groups excluding carboxylic acids is 1. The van der Waals surface area contributed by atoms with Crippen molar-refractivity contribution in [1.82, 2.24) is 4.98 Å². The lowest BCUT2D eigenvalue weighted by Crippen LogP contribution is -2.12. The van der Waals surface area contributed by atoms with Crippen LogP contribution in [0.2, 0.25) is 5.02 Å². The van der Waals surface area contributed by atoms with E-state index in [1.807, 2.05) is 17.7 Å². The molecule has 2 rings (SSSR count). The van der Waals surface area contributed by atoms with E-state index in [4.69, 9.17) is 11.6 Å². The maximum atomic E-state index is 12.2. The van der Waals surface area contributed by atoms with Gasteiger partial charge in [0.15, 0.2) is 5.78 Å². The zero-order valence-corrected chi connectivity index (χ0v) is 13.8. The summed E-state index contributed by atoms with van der Waals surface area (Å²) in [4.78, 5) is 17.4. The number of halogens is 1. The fraction of sp³-hybridized carbons (Fsp3) is 0.429. The third kappa shape index (κ3) is 3.25. The van der Waals surface area contributed by atoms with Gasteiger partial charge in [-0.1, -0.05) is 32.4 Å². The molecule has 0 aliphatic carbocycles. The summed E-state index contributed by atoms with van der Waals surface area (Å²) in [7, 11) is 0. The monoisotopic (exact) mass is 313 g/mol. The van der Waals surface area contributed by atoms with Crippen LogP contribution in [-0.4, -0.2) is 10.8 Å². The molecule has 0 saturated heterocycles. The molecule has 0 spiro atoms. The number of aromatic nitrogens is 1. The Bertz CT molecular complexity index is 607. The highest BCUT2D eigenvalue weighted by atomic mass is 35.5. The van der Waals surface area contributed by atoms with E-state index in [-0.39, 0.29) is 11.2 Å². The van der Waals surface area contributed by atoms with Crippen LogP contribution in [0.15, 0.2) is 10.8 Å². The number of rotatable bonds is 3. The number of ketones is 1. The molecule has 0 fully saturated rings. The fourth-order valence-corrected chi connectivity index (χ4v) is 3.83. The average molecular weight is 314 g/mol. The summed E-state index contributed by atoms with van der Waals surface area (Å²) in [5, 5.41) is 5.39. The SMILES string of the molecule is Cc1csc(C(=O)Cc2nc(C(C)(C)C)cs2)c1Cl. The van der Waals surface area contributed by atoms with Crippen molar-refractivity contribution >= 4 is 40.1 Å². The van der Waals surface area contributed by atoms with Gasteiger partial charge >= 0.3 is 0 Å². The van der Waals surface area contributed by atoms with Gasteiger partial charge in [-0.25, -0.2) is 4.98 Å². The molecule has 0 radical (unpaired) electrons. The van der Waals surface area contributed by atoms with E-state index in [0.717, 1.165) is 16.3 Å². The molecule has 0 bridgehead atoms. The van der Waals surface area contributed by atoms with Crippen molar-refractivity contribution < 1.29 is 4.79 Å². The molecule has 2 heterocycles. The minimum atomic E-state index is 0.0228. The number of Topliss-reactive ketones (excluding diaryl/α,β-unsaturated/α-hetero) is 1. The highest BCUT2D eigenvalue weighted by molar-refractivity contribution is 7.13. The van der Waals surface area contributed by atoms with Gasteiger partial charge in [0.25, 0.3) is 0 Å². The molecule has 0 N–H and O–H groups in total. The van der Waals surface area contributed by atoms with Crippen LogP contribution in [0.5, 0.6) is 0 Å². The number of carbonyl (C=O) groups is 1. The molecule has 0 saturated carbocycles. The molecule has 19 heavy (non-hydrogen) atoms. The Kier molecular flexibility index (Phi) is 4.14. The molecule has 0 aliphatic rings. The van der Waals surface area contributed by atoms with Crippen molar-refractivity contribution in [3.63, 3.8) is 0 Å². The van der Waals surface area contributed by atoms with Crippen molar-refractivity contribution in [2.45, 2.75) is 39.5 Å². The first-order valence-electron chi connectivity index (χ1n) is 6.00. The fourth-order valence-electron chi connectivity index (χ4n) is 1.57. The molecule has 0 atom stereocenters. The van der Waals surface area contributed by atoms with Crippen LogP contribution in [0.25, 0.3) is 0 Å². The topological polar surface area (TPSA) is 30.0 Å². The number of thiazole rings is 1. The van der Waals surface area contributed by atoms with Gasteiger partial charge in [-0.3, -0.25) is 4.79 Å². The first kappa shape index (κ1) is 14.7. The smallest absolute Gasteiger partial charge is 0.181 e. The number of aryl methyl sites for hydroxylation is 1. The van der Waals surface area contributed by atoms with E-state index in [1.165, 1.54) is 11.3 Å². The number of nitrogens with zero attached hydrogens (tertiary/aromatic N) is 1. The summed E-state index contributed by atoms with van der Waals surface area (Å²) in [6, 6.07) is 0. The third-order valence-corrected chi connectivity index (χ3v) is 5.37. The second kappa shape index (κ2) is 5.35. The normalized spacial score (nSPS) is 11.8. The zero-order chi connectivity index (χ0) is 14.2. The molecular formula is C14H16ClNOS2. The Morgan fingerprint density at radius 3 is 2.47 bits per heavy atom. The molecule has 5 heteroatoms. The van der Waals surface area contributed by atoms with E-state index < -0.39 is 0 Å². The lowest BCUT2D eigenvalue weighted by molar-refractivity contribution is 0.0997. The van der Waals surface area contributed by atoms with Gasteiger partial charge in [-0.05, 0) is 17.9 Å². The minimum absolute atomic E-state index is 0.0228. The summed E-state index contributed by atoms with van der Waals surface area (Å²) in [6.45, 7) is 8.27. The lowest BCUT2D eigenvalue weighted by Gasteiger charge is -2.14. The molecule has 2 nitrogen and oxygen atoms in total. The molecule has 102 valence electrons. The van der Waals surface area contributed by atoms with E-state index >= 15 is 0 Å². The van der Waals surface area contributed by atoms with Gasteiger partial charge in [0.05, 0.1) is 22.0 Å². The van der Waals surface area contributed by atoms with Crippen molar-refractivity contribution in [2.24, 2.45) is 0 Å². The molecule has 2 aromatic heterocycles. The summed E-state index contributed by atoms with van der Waals surface area (Å²) in [6.07, 6.45) is 0.334. The van der Waals surface area contributed by atoms with Crippen LogP contribution in [0.4, 0.5) is 0 Å². The largest absolute Gasteiger partial charge is 0.293 e. The number of thiophene rings is 1. The second-order valence-corrected chi connectivity index (χ2v) is 7.74. The zero-order valence-electron chi connectivity index (χ0n) is 11.4. The summed E-state index contributed by atoms with van der Waals surface area (Å²) in [5.41, 5.74) is 2.02. The Morgan fingerprint density at radius 2 is 2.00 bits per heavy atom. The van der Waals surface area contributed by atoms with Gasteiger partial charge in [-0.2, -0.15) is 0 Å². The third-order valence-electron chi connectivity index (χ3n) is 2.78. The molecule has 0 amide bonds. The Labute approximate surface area is 126 Å². The first-order valence-corrected chi connectivity index (χ1v) is 8.14. The predicted octanol–water partition coefficient (Wildman–Crippen LogP) is 4.89. The van der Waals surface area contributed by atoms with Crippen LogP contribution in [-0.2, 0) is 11.8 Å². The van der Waals surface area contributed by atoms with Gasteiger partial charge < -0.3 is 0 Å². The maximum absolute atomic E-state index is 12.2. The number of hydrogen-bond acceptors (Lipinski definition) is 4. The van der Waals surface area contributed by atoms with Crippen molar-refractivity contribution in [2.75, 3.05) is 0 Å². The van der Waals surface area contributed by atoms with Crippen LogP contribution in [0, 0.1) is 6.92 Å². The van der Waals surface area contributed by atoms with E-state index in [2.05, 4.69) is 25.8 Å². The summed E-state index contributed by atoms with van der Waals surface area (Å²) < 4.78 is 0. The molecular weight excluding hydrogens is 298 g/mol. The Balaban J connectivity index is 2.16. The van der Waals surface area contributed by atoms with Crippen LogP contribution in [0.1, 0.15) is 46.7 Å². The highest BCUT2D eigenvalue weighted by Crippen LogP contribution is 2.29. The summed E-state index contributed by atoms with van der Waals surface area (Å²) in [5.74, 6) is 0.0536. The molecule has 2 aromatic rings. The Hall–Kier alpha value is -0.710. The van der Waals surface area contributed by atoms with Crippen LogP contribution < -0.4 is 0 Å². The van der Waals surface area contributed by atoms with Crippen LogP contribution >= 0.6 is 34.3 Å². The number of hydrogen-bond donors (Lipinski definition) is 0. The summed E-state index contributed by atoms with van der Waals surface area (Å²) >= 11 is 9.07. The minimum Gasteiger partial charge on any atom is -0.293 e. The standard InChI is InChI=1S/C14H16ClNOS2/c1-8-6-19-13(12(8)15)9(17)5-11-16-10(7-18-11)14(2,3)4/h6-7H,5H2,1-4H3. The predicted molar refractivity (Wildman–Crippen MR) is 82.9 cm³/mol. The second-order valence-electron chi connectivity index (χ2n) is 5.54. The molecule has 0 aromatic carbocycles. The van der Waals surface area contributed by atoms with Crippen molar-refractivity contribution in [1.29, 1.82) is 0 Å². The average Bonchev–Trinajstić information content (AvgIpc) is 2.87. The van der Waals surface area contributed by atoms with E-state index in [0.29, 0.717) is 16.3 Å². The van der Waals surface area contributed by atoms with Crippen molar-refractivity contribution in [3.8, 4) is 0 Å². The van der Waals surface area contributed by atoms with Crippen LogP contribution in [0.3, 0.4) is 0 Å². The van der Waals surface area contributed by atoms with Gasteiger partial charge in [0.2, 0.25) is 0 Å². The van der Waals surface area contributed by atoms with Crippen molar-refractivity contribution in [3.05, 3.63) is 36.9 Å². The van der Waals surface area contributed by atoms with Gasteiger partial charge in [-0.15, -0.1) is 22.7 Å². The lowest BCUT2D eigenvalue weighted by atomic mass is 9.93. The molecule has 0 unspecified atom stereocenters. The van der Waals surface area contributed by atoms with Gasteiger partial charge in [0, 0.05) is 10.8 Å². The van der Waals surface area contributed by atoms with Gasteiger partial charge in [0.1, 0.15) is 5.01 Å². The quantitative estimate of drug-likeness (QED) is 0.755. The highest BCUT2D eigenvalue weighted by Gasteiger charge is 2.20. The Morgan fingerprint density at radius 1 is 1.32 bits per heavy atom. The first-order chi connectivity index (χ1) is 8.79. The van der Waals surface area contributed by atoms with E-state index in [1.54, 1.807) is 11.3 Å².